The number of carbonyl (C=O) groups is 1. The Morgan fingerprint density at radius 2 is 1.95 bits per heavy atom. The first kappa shape index (κ1) is 18.4. The number of rotatable bonds is 10. The van der Waals surface area contributed by atoms with E-state index in [1.54, 1.807) is 7.11 Å². The number of nitrogens with one attached hydrogen (secondary N) is 2. The summed E-state index contributed by atoms with van der Waals surface area (Å²) in [5, 5.41) is 5.96. The van der Waals surface area contributed by atoms with Crippen molar-refractivity contribution in [2.45, 2.75) is 38.9 Å². The number of nitrogens with zero attached hydrogens (tertiary/aromatic N) is 1. The lowest BCUT2D eigenvalue weighted by Gasteiger charge is -2.35. The van der Waals surface area contributed by atoms with Crippen LogP contribution in [0.5, 0.6) is 0 Å². The van der Waals surface area contributed by atoms with E-state index in [0.717, 1.165) is 39.0 Å². The van der Waals surface area contributed by atoms with E-state index in [2.05, 4.69) is 29.4 Å². The number of morpholine rings is 1. The zero-order valence-electron chi connectivity index (χ0n) is 13.7. The molecule has 21 heavy (non-hydrogen) atoms. The first-order chi connectivity index (χ1) is 10.1. The van der Waals surface area contributed by atoms with Gasteiger partial charge in [0.15, 0.2) is 0 Å². The zero-order valence-corrected chi connectivity index (χ0v) is 13.7. The molecule has 2 atom stereocenters. The van der Waals surface area contributed by atoms with Gasteiger partial charge in [-0.15, -0.1) is 0 Å². The van der Waals surface area contributed by atoms with Crippen LogP contribution in [0.1, 0.15) is 26.7 Å². The summed E-state index contributed by atoms with van der Waals surface area (Å²) in [4.78, 5) is 14.0. The van der Waals surface area contributed by atoms with Crippen LogP contribution in [0.25, 0.3) is 0 Å². The SMILES string of the molecule is COCCNCC(=O)NCCCCN1CC(C)OC(C)C1. The lowest BCUT2D eigenvalue weighted by atomic mass is 10.2. The number of hydrogen-bond donors (Lipinski definition) is 2. The maximum atomic E-state index is 11.5. The van der Waals surface area contributed by atoms with Gasteiger partial charge in [-0.3, -0.25) is 9.69 Å². The van der Waals surface area contributed by atoms with Crippen LogP contribution < -0.4 is 10.6 Å². The van der Waals surface area contributed by atoms with E-state index in [1.807, 2.05) is 0 Å². The average molecular weight is 301 g/mol. The van der Waals surface area contributed by atoms with Gasteiger partial charge >= 0.3 is 0 Å². The molecule has 6 heteroatoms. The molecule has 1 fully saturated rings. The topological polar surface area (TPSA) is 62.8 Å². The number of ether oxygens (including phenoxy) is 2. The van der Waals surface area contributed by atoms with Crippen molar-refractivity contribution in [3.05, 3.63) is 0 Å². The van der Waals surface area contributed by atoms with Crippen molar-refractivity contribution in [2.75, 3.05) is 53.0 Å². The quantitative estimate of drug-likeness (QED) is 0.566. The number of amides is 1. The van der Waals surface area contributed by atoms with E-state index in [4.69, 9.17) is 9.47 Å². The van der Waals surface area contributed by atoms with Crippen LogP contribution in [-0.2, 0) is 14.3 Å². The molecule has 0 radical (unpaired) electrons. The average Bonchev–Trinajstić information content (AvgIpc) is 2.42. The van der Waals surface area contributed by atoms with Gasteiger partial charge in [0.05, 0.1) is 25.4 Å². The number of unbranched alkanes of at least 4 members (excludes halogenated alkanes) is 1. The molecule has 0 bridgehead atoms. The highest BCUT2D eigenvalue weighted by molar-refractivity contribution is 5.77. The van der Waals surface area contributed by atoms with Crippen LogP contribution in [0, 0.1) is 0 Å². The van der Waals surface area contributed by atoms with E-state index in [0.29, 0.717) is 31.9 Å². The molecule has 0 saturated carbocycles. The second-order valence-corrected chi connectivity index (χ2v) is 5.74. The van der Waals surface area contributed by atoms with Gasteiger partial charge in [-0.25, -0.2) is 0 Å². The summed E-state index contributed by atoms with van der Waals surface area (Å²) in [6.07, 6.45) is 2.78. The van der Waals surface area contributed by atoms with Crippen LogP contribution in [-0.4, -0.2) is 76.0 Å². The monoisotopic (exact) mass is 301 g/mol. The summed E-state index contributed by atoms with van der Waals surface area (Å²) in [5.74, 6) is 0.0553. The molecular formula is C15H31N3O3. The molecule has 1 saturated heterocycles. The molecule has 6 nitrogen and oxygen atoms in total. The number of methoxy groups -OCH3 is 1. The number of hydrogen-bond acceptors (Lipinski definition) is 5. The molecule has 1 aliphatic heterocycles. The third-order valence-electron chi connectivity index (χ3n) is 3.49. The molecule has 1 heterocycles. The predicted molar refractivity (Wildman–Crippen MR) is 83.4 cm³/mol. The van der Waals surface area contributed by atoms with Crippen molar-refractivity contribution in [1.29, 1.82) is 0 Å². The van der Waals surface area contributed by atoms with Gasteiger partial charge in [0.25, 0.3) is 0 Å². The molecule has 2 unspecified atom stereocenters. The summed E-state index contributed by atoms with van der Waals surface area (Å²) in [5.41, 5.74) is 0. The highest BCUT2D eigenvalue weighted by Crippen LogP contribution is 2.10. The van der Waals surface area contributed by atoms with Crippen molar-refractivity contribution < 1.29 is 14.3 Å². The van der Waals surface area contributed by atoms with Crippen LogP contribution in [0.4, 0.5) is 0 Å². The van der Waals surface area contributed by atoms with E-state index < -0.39 is 0 Å². The molecule has 0 spiro atoms. The summed E-state index contributed by atoms with van der Waals surface area (Å²) >= 11 is 0. The summed E-state index contributed by atoms with van der Waals surface area (Å²) < 4.78 is 10.6. The molecule has 0 aromatic heterocycles. The predicted octanol–water partition coefficient (Wildman–Crippen LogP) is 0.228. The van der Waals surface area contributed by atoms with Gasteiger partial charge in [-0.1, -0.05) is 0 Å². The van der Waals surface area contributed by atoms with E-state index in [1.165, 1.54) is 0 Å². The standard InChI is InChI=1S/C15H31N3O3/c1-13-11-18(12-14(2)21-13)8-5-4-6-17-15(19)10-16-7-9-20-3/h13-14,16H,4-12H2,1-3H3,(H,17,19). The first-order valence-electron chi connectivity index (χ1n) is 7.96. The highest BCUT2D eigenvalue weighted by Gasteiger charge is 2.21. The summed E-state index contributed by atoms with van der Waals surface area (Å²) in [6.45, 7) is 9.81. The van der Waals surface area contributed by atoms with Gasteiger partial charge in [0.2, 0.25) is 5.91 Å². The van der Waals surface area contributed by atoms with Crippen molar-refractivity contribution in [2.24, 2.45) is 0 Å². The molecule has 0 aromatic carbocycles. The zero-order chi connectivity index (χ0) is 15.5. The first-order valence-corrected chi connectivity index (χ1v) is 7.96. The van der Waals surface area contributed by atoms with Crippen molar-refractivity contribution in [3.8, 4) is 0 Å². The molecule has 1 amide bonds. The Balaban J connectivity index is 1.95. The van der Waals surface area contributed by atoms with Gasteiger partial charge < -0.3 is 20.1 Å². The lowest BCUT2D eigenvalue weighted by Crippen LogP contribution is -2.45. The fourth-order valence-electron chi connectivity index (χ4n) is 2.59. The molecule has 0 aliphatic carbocycles. The van der Waals surface area contributed by atoms with Crippen LogP contribution in [0.3, 0.4) is 0 Å². The molecular weight excluding hydrogens is 270 g/mol. The Bertz CT molecular complexity index is 279. The third kappa shape index (κ3) is 9.03. The van der Waals surface area contributed by atoms with Gasteiger partial charge in [0.1, 0.15) is 0 Å². The van der Waals surface area contributed by atoms with E-state index >= 15 is 0 Å². The van der Waals surface area contributed by atoms with Gasteiger partial charge in [-0.2, -0.15) is 0 Å². The van der Waals surface area contributed by atoms with Gasteiger partial charge in [-0.05, 0) is 33.2 Å². The fourth-order valence-corrected chi connectivity index (χ4v) is 2.59. The maximum Gasteiger partial charge on any atom is 0.233 e. The van der Waals surface area contributed by atoms with E-state index in [-0.39, 0.29) is 5.91 Å². The Morgan fingerprint density at radius 1 is 1.24 bits per heavy atom. The highest BCUT2D eigenvalue weighted by atomic mass is 16.5. The van der Waals surface area contributed by atoms with Gasteiger partial charge in [0, 0.05) is 33.3 Å². The van der Waals surface area contributed by atoms with Crippen molar-refractivity contribution >= 4 is 5.91 Å². The minimum Gasteiger partial charge on any atom is -0.383 e. The largest absolute Gasteiger partial charge is 0.383 e. The van der Waals surface area contributed by atoms with Crippen LogP contribution in [0.15, 0.2) is 0 Å². The van der Waals surface area contributed by atoms with Crippen molar-refractivity contribution in [1.82, 2.24) is 15.5 Å². The summed E-state index contributed by atoms with van der Waals surface area (Å²) in [7, 11) is 1.65. The molecule has 1 rings (SSSR count). The normalized spacial score (nSPS) is 23.2. The molecule has 0 aromatic rings. The van der Waals surface area contributed by atoms with Crippen molar-refractivity contribution in [3.63, 3.8) is 0 Å². The Labute approximate surface area is 128 Å². The van der Waals surface area contributed by atoms with Crippen LogP contribution >= 0.6 is 0 Å². The van der Waals surface area contributed by atoms with E-state index in [9.17, 15) is 4.79 Å². The number of carbonyl (C=O) groups excluding carboxylic acids is 1. The third-order valence-corrected chi connectivity index (χ3v) is 3.49. The molecule has 124 valence electrons. The minimum absolute atomic E-state index is 0.0553. The maximum absolute atomic E-state index is 11.5. The smallest absolute Gasteiger partial charge is 0.233 e. The van der Waals surface area contributed by atoms with Crippen LogP contribution in [0.2, 0.25) is 0 Å². The Kier molecular flexibility index (Phi) is 9.58. The second-order valence-electron chi connectivity index (χ2n) is 5.74. The molecule has 2 N–H and O–H groups in total. The Morgan fingerprint density at radius 3 is 2.62 bits per heavy atom. The lowest BCUT2D eigenvalue weighted by molar-refractivity contribution is -0.120. The minimum atomic E-state index is 0.0553. The second kappa shape index (κ2) is 11.0. The Hall–Kier alpha value is -0.690. The summed E-state index contributed by atoms with van der Waals surface area (Å²) in [6, 6.07) is 0. The molecule has 1 aliphatic rings. The fraction of sp³-hybridized carbons (Fsp3) is 0.933.